The van der Waals surface area contributed by atoms with Gasteiger partial charge in [0.2, 0.25) is 16.0 Å². The van der Waals surface area contributed by atoms with E-state index in [-0.39, 0.29) is 16.5 Å². The molecule has 1 heterocycles. The first kappa shape index (κ1) is 13.8. The molecule has 0 saturated carbocycles. The quantitative estimate of drug-likeness (QED) is 0.822. The fourth-order valence-electron chi connectivity index (χ4n) is 0.539. The van der Waals surface area contributed by atoms with E-state index >= 15 is 0 Å². The lowest BCUT2D eigenvalue weighted by atomic mass is 10.7. The van der Waals surface area contributed by atoms with Gasteiger partial charge in [-0.3, -0.25) is 4.79 Å². The topological polar surface area (TPSA) is 54.9 Å². The minimum atomic E-state index is -4.51. The highest BCUT2D eigenvalue weighted by Crippen LogP contribution is 2.32. The Balaban J connectivity index is 0.000000921. The minimum absolute atomic E-state index is 0.153. The molecule has 1 N–H and O–H groups in total. The van der Waals surface area contributed by atoms with Gasteiger partial charge in [-0.1, -0.05) is 25.2 Å². The van der Waals surface area contributed by atoms with Crippen LogP contribution in [-0.2, 0) is 11.0 Å². The van der Waals surface area contributed by atoms with E-state index in [2.05, 4.69) is 15.5 Å². The summed E-state index contributed by atoms with van der Waals surface area (Å²) in [5, 5.41) is 6.89. The maximum absolute atomic E-state index is 11.9. The van der Waals surface area contributed by atoms with Crippen molar-refractivity contribution in [3.8, 4) is 0 Å². The van der Waals surface area contributed by atoms with Gasteiger partial charge in [-0.25, -0.2) is 0 Å². The number of rotatable bonds is 1. The predicted molar refractivity (Wildman–Crippen MR) is 50.6 cm³/mol. The Hall–Kier alpha value is -1.18. The van der Waals surface area contributed by atoms with Gasteiger partial charge in [-0.05, 0) is 0 Å². The zero-order chi connectivity index (χ0) is 12.1. The summed E-state index contributed by atoms with van der Waals surface area (Å²) in [6.07, 6.45) is -4.51. The molecule has 0 spiro atoms. The first-order valence-corrected chi connectivity index (χ1v) is 4.89. The van der Waals surface area contributed by atoms with Crippen LogP contribution in [0.4, 0.5) is 18.3 Å². The van der Waals surface area contributed by atoms with E-state index in [0.717, 1.165) is 0 Å². The van der Waals surface area contributed by atoms with Crippen LogP contribution >= 0.6 is 11.3 Å². The van der Waals surface area contributed by atoms with Crippen LogP contribution in [0.1, 0.15) is 25.8 Å². The van der Waals surface area contributed by atoms with Gasteiger partial charge in [0, 0.05) is 6.92 Å². The van der Waals surface area contributed by atoms with Crippen molar-refractivity contribution in [2.24, 2.45) is 0 Å². The number of hydrogen-bond acceptors (Lipinski definition) is 4. The Kier molecular flexibility index (Phi) is 5.20. The average Bonchev–Trinajstić information content (AvgIpc) is 2.54. The zero-order valence-electron chi connectivity index (χ0n) is 8.34. The molecule has 4 nitrogen and oxygen atoms in total. The van der Waals surface area contributed by atoms with Crippen LogP contribution < -0.4 is 5.32 Å². The molecule has 8 heteroatoms. The van der Waals surface area contributed by atoms with Crippen molar-refractivity contribution in [3.05, 3.63) is 5.01 Å². The lowest BCUT2D eigenvalue weighted by molar-refractivity contribution is -0.138. The summed E-state index contributed by atoms with van der Waals surface area (Å²) in [6, 6.07) is 0. The van der Waals surface area contributed by atoms with Crippen molar-refractivity contribution in [1.29, 1.82) is 0 Å². The molecule has 0 saturated heterocycles. The van der Waals surface area contributed by atoms with Gasteiger partial charge >= 0.3 is 6.18 Å². The molecule has 0 atom stereocenters. The second-order valence-corrected chi connectivity index (χ2v) is 3.07. The van der Waals surface area contributed by atoms with Crippen molar-refractivity contribution < 1.29 is 18.0 Å². The standard InChI is InChI=1S/C5H4F3N3OS.C2H6/c1-2(12)9-4-11-10-3(13-4)5(6,7)8;1-2/h1H3,(H,9,11,12);1-2H3. The Morgan fingerprint density at radius 1 is 1.33 bits per heavy atom. The number of carbonyl (C=O) groups excluding carboxylic acids is 1. The number of carbonyl (C=O) groups is 1. The van der Waals surface area contributed by atoms with Gasteiger partial charge < -0.3 is 5.32 Å². The summed E-state index contributed by atoms with van der Waals surface area (Å²) in [5.41, 5.74) is 0. The second kappa shape index (κ2) is 5.64. The van der Waals surface area contributed by atoms with Gasteiger partial charge in [-0.15, -0.1) is 10.2 Å². The number of anilines is 1. The van der Waals surface area contributed by atoms with Gasteiger partial charge in [0.1, 0.15) is 0 Å². The molecule has 86 valence electrons. The Labute approximate surface area is 88.5 Å². The second-order valence-electron chi connectivity index (χ2n) is 2.09. The van der Waals surface area contributed by atoms with Crippen molar-refractivity contribution in [2.75, 3.05) is 5.32 Å². The summed E-state index contributed by atoms with van der Waals surface area (Å²) in [7, 11) is 0. The molecule has 0 aliphatic heterocycles. The van der Waals surface area contributed by atoms with Gasteiger partial charge in [0.15, 0.2) is 0 Å². The number of hydrogen-bond donors (Lipinski definition) is 1. The fourth-order valence-corrected chi connectivity index (χ4v) is 1.20. The number of nitrogens with zero attached hydrogens (tertiary/aromatic N) is 2. The molecular weight excluding hydrogens is 231 g/mol. The van der Waals surface area contributed by atoms with E-state index < -0.39 is 17.1 Å². The van der Waals surface area contributed by atoms with Crippen LogP contribution in [0.15, 0.2) is 0 Å². The highest BCUT2D eigenvalue weighted by atomic mass is 32.1. The molecule has 1 aromatic heterocycles. The largest absolute Gasteiger partial charge is 0.445 e. The minimum Gasteiger partial charge on any atom is -0.301 e. The lowest BCUT2D eigenvalue weighted by Gasteiger charge is -1.97. The zero-order valence-corrected chi connectivity index (χ0v) is 9.16. The van der Waals surface area contributed by atoms with E-state index in [9.17, 15) is 18.0 Å². The summed E-state index contributed by atoms with van der Waals surface area (Å²) in [5.74, 6) is -0.482. The summed E-state index contributed by atoms with van der Waals surface area (Å²) >= 11 is 0.289. The SMILES string of the molecule is CC.CC(=O)Nc1nnc(C(F)(F)F)s1. The van der Waals surface area contributed by atoms with Crippen LogP contribution in [0.3, 0.4) is 0 Å². The molecular formula is C7H10F3N3OS. The van der Waals surface area contributed by atoms with Crippen LogP contribution in [0.5, 0.6) is 0 Å². The third kappa shape index (κ3) is 4.73. The molecule has 0 fully saturated rings. The van der Waals surface area contributed by atoms with Crippen LogP contribution in [0, 0.1) is 0 Å². The van der Waals surface area contributed by atoms with Crippen LogP contribution in [0.25, 0.3) is 0 Å². The number of amides is 1. The first-order valence-electron chi connectivity index (χ1n) is 4.08. The Morgan fingerprint density at radius 3 is 2.20 bits per heavy atom. The monoisotopic (exact) mass is 241 g/mol. The van der Waals surface area contributed by atoms with E-state index in [4.69, 9.17) is 0 Å². The average molecular weight is 241 g/mol. The molecule has 0 radical (unpaired) electrons. The summed E-state index contributed by atoms with van der Waals surface area (Å²) in [6.45, 7) is 5.18. The lowest BCUT2D eigenvalue weighted by Crippen LogP contribution is -2.04. The predicted octanol–water partition coefficient (Wildman–Crippen LogP) is 2.54. The molecule has 0 aliphatic carbocycles. The van der Waals surface area contributed by atoms with Crippen molar-refractivity contribution in [1.82, 2.24) is 10.2 Å². The van der Waals surface area contributed by atoms with Gasteiger partial charge in [-0.2, -0.15) is 13.2 Å². The van der Waals surface area contributed by atoms with E-state index in [1.54, 1.807) is 0 Å². The summed E-state index contributed by atoms with van der Waals surface area (Å²) < 4.78 is 35.8. The number of alkyl halides is 3. The molecule has 0 bridgehead atoms. The molecule has 0 aromatic carbocycles. The molecule has 1 amide bonds. The normalized spacial score (nSPS) is 10.3. The van der Waals surface area contributed by atoms with Crippen molar-refractivity contribution in [3.63, 3.8) is 0 Å². The maximum atomic E-state index is 11.9. The number of aromatic nitrogens is 2. The third-order valence-electron chi connectivity index (χ3n) is 0.950. The molecule has 1 rings (SSSR count). The van der Waals surface area contributed by atoms with E-state index in [0.29, 0.717) is 0 Å². The molecule has 0 aliphatic rings. The molecule has 1 aromatic rings. The highest BCUT2D eigenvalue weighted by molar-refractivity contribution is 7.15. The molecule has 15 heavy (non-hydrogen) atoms. The first-order chi connectivity index (χ1) is 6.89. The van der Waals surface area contributed by atoms with Gasteiger partial charge in [0.25, 0.3) is 0 Å². The fraction of sp³-hybridized carbons (Fsp3) is 0.571. The smallest absolute Gasteiger partial charge is 0.301 e. The summed E-state index contributed by atoms with van der Waals surface area (Å²) in [4.78, 5) is 10.4. The Morgan fingerprint density at radius 2 is 1.87 bits per heavy atom. The van der Waals surface area contributed by atoms with E-state index in [1.807, 2.05) is 13.8 Å². The van der Waals surface area contributed by atoms with Crippen LogP contribution in [-0.4, -0.2) is 16.1 Å². The third-order valence-corrected chi connectivity index (χ3v) is 1.83. The highest BCUT2D eigenvalue weighted by Gasteiger charge is 2.35. The van der Waals surface area contributed by atoms with Crippen molar-refractivity contribution in [2.45, 2.75) is 26.9 Å². The van der Waals surface area contributed by atoms with E-state index in [1.165, 1.54) is 6.92 Å². The maximum Gasteiger partial charge on any atom is 0.445 e. The Bertz CT molecular complexity index is 324. The van der Waals surface area contributed by atoms with Gasteiger partial charge in [0.05, 0.1) is 0 Å². The molecule has 0 unspecified atom stereocenters. The number of nitrogens with one attached hydrogen (secondary N) is 1. The van der Waals surface area contributed by atoms with Crippen molar-refractivity contribution >= 4 is 22.4 Å². The van der Waals surface area contributed by atoms with Crippen LogP contribution in [0.2, 0.25) is 0 Å². The number of halogens is 3.